The van der Waals surface area contributed by atoms with Gasteiger partial charge in [-0.05, 0) is 20.9 Å². The van der Waals surface area contributed by atoms with E-state index in [1.165, 1.54) is 0 Å². The second-order valence-electron chi connectivity index (χ2n) is 5.69. The minimum atomic E-state index is 0.193. The fraction of sp³-hybridized carbons (Fsp3) is 0.800. The Morgan fingerprint density at radius 3 is 2.50 bits per heavy atom. The van der Waals surface area contributed by atoms with Gasteiger partial charge >= 0.3 is 0 Å². The first kappa shape index (κ1) is 17.1. The van der Waals surface area contributed by atoms with Gasteiger partial charge in [-0.3, -0.25) is 14.6 Å². The molecule has 0 radical (unpaired) electrons. The monoisotopic (exact) mass is 282 g/mol. The Morgan fingerprint density at radius 1 is 1.30 bits per heavy atom. The SMILES string of the molecule is C=C(C)CN(CC)C(=O)CN(C)CCN1CCNCC1. The summed E-state index contributed by atoms with van der Waals surface area (Å²) in [6.45, 7) is 16.1. The maximum Gasteiger partial charge on any atom is 0.237 e. The third-order valence-corrected chi connectivity index (χ3v) is 3.61. The van der Waals surface area contributed by atoms with Gasteiger partial charge in [0.2, 0.25) is 5.91 Å². The largest absolute Gasteiger partial charge is 0.338 e. The van der Waals surface area contributed by atoms with Crippen molar-refractivity contribution in [2.45, 2.75) is 13.8 Å². The van der Waals surface area contributed by atoms with Crippen LogP contribution in [0.1, 0.15) is 13.8 Å². The van der Waals surface area contributed by atoms with Crippen molar-refractivity contribution >= 4 is 5.91 Å². The highest BCUT2D eigenvalue weighted by molar-refractivity contribution is 5.78. The van der Waals surface area contributed by atoms with Crippen molar-refractivity contribution in [3.63, 3.8) is 0 Å². The van der Waals surface area contributed by atoms with Crippen LogP contribution in [0, 0.1) is 0 Å². The summed E-state index contributed by atoms with van der Waals surface area (Å²) in [6.07, 6.45) is 0. The zero-order valence-corrected chi connectivity index (χ0v) is 13.3. The quantitative estimate of drug-likeness (QED) is 0.648. The lowest BCUT2D eigenvalue weighted by molar-refractivity contribution is -0.131. The standard InChI is InChI=1S/C15H30N4O/c1-5-19(12-14(2)3)15(20)13-17(4)10-11-18-8-6-16-7-9-18/h16H,2,5-13H2,1,3-4H3. The summed E-state index contributed by atoms with van der Waals surface area (Å²) in [5, 5.41) is 3.35. The van der Waals surface area contributed by atoms with Crippen LogP contribution in [0.15, 0.2) is 12.2 Å². The van der Waals surface area contributed by atoms with E-state index in [0.717, 1.165) is 51.4 Å². The van der Waals surface area contributed by atoms with E-state index < -0.39 is 0 Å². The van der Waals surface area contributed by atoms with Gasteiger partial charge in [-0.1, -0.05) is 12.2 Å². The number of likely N-dealkylation sites (N-methyl/N-ethyl adjacent to an activating group) is 2. The zero-order chi connectivity index (χ0) is 15.0. The molecule has 5 heteroatoms. The Hall–Kier alpha value is -0.910. The Bertz CT molecular complexity index is 313. The Morgan fingerprint density at radius 2 is 1.95 bits per heavy atom. The number of rotatable bonds is 8. The van der Waals surface area contributed by atoms with Gasteiger partial charge in [-0.15, -0.1) is 0 Å². The van der Waals surface area contributed by atoms with Gasteiger partial charge in [0, 0.05) is 52.4 Å². The smallest absolute Gasteiger partial charge is 0.237 e. The first-order chi connectivity index (χ1) is 9.52. The summed E-state index contributed by atoms with van der Waals surface area (Å²) in [7, 11) is 2.02. The molecule has 0 aromatic rings. The number of hydrogen-bond acceptors (Lipinski definition) is 4. The molecule has 1 saturated heterocycles. The van der Waals surface area contributed by atoms with Crippen LogP contribution in [0.2, 0.25) is 0 Å². The molecule has 0 bridgehead atoms. The summed E-state index contributed by atoms with van der Waals surface area (Å²) in [5.41, 5.74) is 1.03. The summed E-state index contributed by atoms with van der Waals surface area (Å²) in [4.78, 5) is 18.6. The van der Waals surface area contributed by atoms with Crippen LogP contribution in [-0.4, -0.2) is 86.6 Å². The molecule has 0 atom stereocenters. The summed E-state index contributed by atoms with van der Waals surface area (Å²) >= 11 is 0. The molecule has 1 amide bonds. The summed E-state index contributed by atoms with van der Waals surface area (Å²) in [6, 6.07) is 0. The molecule has 1 heterocycles. The van der Waals surface area contributed by atoms with Crippen LogP contribution in [0.5, 0.6) is 0 Å². The topological polar surface area (TPSA) is 38.8 Å². The van der Waals surface area contributed by atoms with E-state index in [0.29, 0.717) is 13.1 Å². The van der Waals surface area contributed by atoms with E-state index in [-0.39, 0.29) is 5.91 Å². The number of nitrogens with zero attached hydrogens (tertiary/aromatic N) is 3. The highest BCUT2D eigenvalue weighted by atomic mass is 16.2. The maximum atomic E-state index is 12.2. The number of carbonyl (C=O) groups is 1. The Balaban J connectivity index is 2.27. The molecule has 0 saturated carbocycles. The van der Waals surface area contributed by atoms with Crippen LogP contribution in [0.3, 0.4) is 0 Å². The number of carbonyl (C=O) groups excluding carboxylic acids is 1. The molecule has 0 aromatic carbocycles. The lowest BCUT2D eigenvalue weighted by Crippen LogP contribution is -2.47. The van der Waals surface area contributed by atoms with Crippen molar-refractivity contribution in [2.24, 2.45) is 0 Å². The number of hydrogen-bond donors (Lipinski definition) is 1. The Kier molecular flexibility index (Phi) is 7.80. The predicted molar refractivity (Wildman–Crippen MR) is 83.9 cm³/mol. The molecule has 5 nitrogen and oxygen atoms in total. The van der Waals surface area contributed by atoms with Crippen molar-refractivity contribution in [2.75, 3.05) is 66.0 Å². The fourth-order valence-electron chi connectivity index (χ4n) is 2.36. The molecule has 20 heavy (non-hydrogen) atoms. The van der Waals surface area contributed by atoms with Crippen molar-refractivity contribution in [1.82, 2.24) is 20.0 Å². The lowest BCUT2D eigenvalue weighted by Gasteiger charge is -2.29. The number of amides is 1. The van der Waals surface area contributed by atoms with Gasteiger partial charge in [-0.2, -0.15) is 0 Å². The molecule has 1 rings (SSSR count). The molecule has 1 aliphatic rings. The molecule has 0 unspecified atom stereocenters. The van der Waals surface area contributed by atoms with Crippen molar-refractivity contribution in [3.8, 4) is 0 Å². The van der Waals surface area contributed by atoms with Gasteiger partial charge in [0.1, 0.15) is 0 Å². The van der Waals surface area contributed by atoms with E-state index in [4.69, 9.17) is 0 Å². The third kappa shape index (κ3) is 6.50. The van der Waals surface area contributed by atoms with Crippen molar-refractivity contribution in [1.29, 1.82) is 0 Å². The maximum absolute atomic E-state index is 12.2. The average molecular weight is 282 g/mol. The van der Waals surface area contributed by atoms with Crippen LogP contribution in [-0.2, 0) is 4.79 Å². The number of piperazine rings is 1. The molecule has 0 aliphatic carbocycles. The third-order valence-electron chi connectivity index (χ3n) is 3.61. The number of nitrogens with one attached hydrogen (secondary N) is 1. The first-order valence-electron chi connectivity index (χ1n) is 7.56. The average Bonchev–Trinajstić information content (AvgIpc) is 2.43. The first-order valence-corrected chi connectivity index (χ1v) is 7.56. The molecule has 1 N–H and O–H groups in total. The minimum Gasteiger partial charge on any atom is -0.338 e. The summed E-state index contributed by atoms with van der Waals surface area (Å²) < 4.78 is 0. The molecular formula is C15H30N4O. The molecule has 1 aliphatic heterocycles. The molecule has 116 valence electrons. The second-order valence-corrected chi connectivity index (χ2v) is 5.69. The van der Waals surface area contributed by atoms with Gasteiger partial charge < -0.3 is 10.2 Å². The van der Waals surface area contributed by atoms with Gasteiger partial charge in [-0.25, -0.2) is 0 Å². The minimum absolute atomic E-state index is 0.193. The van der Waals surface area contributed by atoms with Gasteiger partial charge in [0.05, 0.1) is 6.54 Å². The molecule has 0 aromatic heterocycles. The molecule has 1 fully saturated rings. The van der Waals surface area contributed by atoms with E-state index in [1.807, 2.05) is 25.8 Å². The highest BCUT2D eigenvalue weighted by Gasteiger charge is 2.15. The van der Waals surface area contributed by atoms with E-state index in [1.54, 1.807) is 0 Å². The van der Waals surface area contributed by atoms with E-state index in [2.05, 4.69) is 21.7 Å². The van der Waals surface area contributed by atoms with E-state index in [9.17, 15) is 4.79 Å². The van der Waals surface area contributed by atoms with E-state index >= 15 is 0 Å². The normalized spacial score (nSPS) is 16.4. The highest BCUT2D eigenvalue weighted by Crippen LogP contribution is 1.99. The molecule has 0 spiro atoms. The Labute approximate surface area is 123 Å². The van der Waals surface area contributed by atoms with Crippen LogP contribution in [0.4, 0.5) is 0 Å². The zero-order valence-electron chi connectivity index (χ0n) is 13.3. The molecular weight excluding hydrogens is 252 g/mol. The van der Waals surface area contributed by atoms with Crippen molar-refractivity contribution < 1.29 is 4.79 Å². The lowest BCUT2D eigenvalue weighted by atomic mass is 10.3. The van der Waals surface area contributed by atoms with Crippen molar-refractivity contribution in [3.05, 3.63) is 12.2 Å². The predicted octanol–water partition coefficient (Wildman–Crippen LogP) is 0.248. The summed E-state index contributed by atoms with van der Waals surface area (Å²) in [5.74, 6) is 0.193. The fourth-order valence-corrected chi connectivity index (χ4v) is 2.36. The van der Waals surface area contributed by atoms with Crippen LogP contribution in [0.25, 0.3) is 0 Å². The van der Waals surface area contributed by atoms with Gasteiger partial charge in [0.15, 0.2) is 0 Å². The van der Waals surface area contributed by atoms with Gasteiger partial charge in [0.25, 0.3) is 0 Å². The van der Waals surface area contributed by atoms with Crippen LogP contribution < -0.4 is 5.32 Å². The second kappa shape index (κ2) is 9.10. The van der Waals surface area contributed by atoms with Crippen LogP contribution >= 0.6 is 0 Å².